The number of thiophene rings is 1. The van der Waals surface area contributed by atoms with Gasteiger partial charge < -0.3 is 0 Å². The summed E-state index contributed by atoms with van der Waals surface area (Å²) in [6.07, 6.45) is 0. The normalized spacial score (nSPS) is 11.3. The van der Waals surface area contributed by atoms with Crippen LogP contribution in [0, 0.1) is 19.8 Å². The SMILES string of the molecule is Cc1sc(C)c2c1c(F)nn2C. The largest absolute Gasteiger partial charge is 0.264 e. The Kier molecular flexibility index (Phi) is 1.48. The smallest absolute Gasteiger partial charge is 0.241 e. The molecule has 0 aromatic carbocycles. The molecule has 0 atom stereocenters. The maximum absolute atomic E-state index is 13.2. The van der Waals surface area contributed by atoms with Crippen molar-refractivity contribution in [2.75, 3.05) is 0 Å². The van der Waals surface area contributed by atoms with E-state index in [4.69, 9.17) is 0 Å². The zero-order chi connectivity index (χ0) is 8.88. The number of hydrogen-bond donors (Lipinski definition) is 0. The van der Waals surface area contributed by atoms with E-state index in [-0.39, 0.29) is 5.95 Å². The number of hydrogen-bond acceptors (Lipinski definition) is 2. The molecule has 0 aliphatic carbocycles. The monoisotopic (exact) mass is 184 g/mol. The van der Waals surface area contributed by atoms with Crippen LogP contribution in [0.3, 0.4) is 0 Å². The topological polar surface area (TPSA) is 17.8 Å². The Bertz CT molecular complexity index is 366. The predicted octanol–water partition coefficient (Wildman–Crippen LogP) is 2.39. The molecule has 0 amide bonds. The van der Waals surface area contributed by atoms with Crippen LogP contribution >= 0.6 is 11.3 Å². The van der Waals surface area contributed by atoms with Crippen molar-refractivity contribution in [3.63, 3.8) is 0 Å². The maximum Gasteiger partial charge on any atom is 0.241 e. The number of nitrogens with zero attached hydrogens (tertiary/aromatic N) is 2. The van der Waals surface area contributed by atoms with Crippen molar-refractivity contribution in [3.8, 4) is 0 Å². The first-order valence-corrected chi connectivity index (χ1v) is 4.51. The lowest BCUT2D eigenvalue weighted by Crippen LogP contribution is -1.90. The minimum Gasteiger partial charge on any atom is -0.264 e. The minimum atomic E-state index is -0.352. The number of aromatic nitrogens is 2. The van der Waals surface area contributed by atoms with Crippen molar-refractivity contribution in [2.45, 2.75) is 13.8 Å². The van der Waals surface area contributed by atoms with Crippen molar-refractivity contribution in [1.29, 1.82) is 0 Å². The molecule has 0 aliphatic rings. The summed E-state index contributed by atoms with van der Waals surface area (Å²) in [4.78, 5) is 2.13. The zero-order valence-electron chi connectivity index (χ0n) is 7.18. The van der Waals surface area contributed by atoms with E-state index >= 15 is 0 Å². The average molecular weight is 184 g/mol. The third-order valence-electron chi connectivity index (χ3n) is 2.00. The van der Waals surface area contributed by atoms with Crippen molar-refractivity contribution in [1.82, 2.24) is 9.78 Å². The van der Waals surface area contributed by atoms with Gasteiger partial charge in [-0.05, 0) is 13.8 Å². The summed E-state index contributed by atoms with van der Waals surface area (Å²) >= 11 is 1.62. The molecule has 0 aliphatic heterocycles. The second kappa shape index (κ2) is 2.29. The number of fused-ring (bicyclic) bond motifs is 1. The molecule has 2 heterocycles. The van der Waals surface area contributed by atoms with Gasteiger partial charge in [-0.2, -0.15) is 4.39 Å². The summed E-state index contributed by atoms with van der Waals surface area (Å²) in [6.45, 7) is 3.91. The number of halogens is 1. The van der Waals surface area contributed by atoms with Gasteiger partial charge in [-0.25, -0.2) is 0 Å². The van der Waals surface area contributed by atoms with Crippen LogP contribution in [0.1, 0.15) is 9.75 Å². The van der Waals surface area contributed by atoms with E-state index in [0.717, 1.165) is 15.3 Å². The molecule has 2 aromatic rings. The van der Waals surface area contributed by atoms with E-state index < -0.39 is 0 Å². The van der Waals surface area contributed by atoms with Gasteiger partial charge in [-0.1, -0.05) is 0 Å². The van der Waals surface area contributed by atoms with Crippen LogP contribution < -0.4 is 0 Å². The van der Waals surface area contributed by atoms with Gasteiger partial charge in [0.05, 0.1) is 10.9 Å². The van der Waals surface area contributed by atoms with Crippen LogP contribution in [-0.2, 0) is 7.05 Å². The molecule has 0 unspecified atom stereocenters. The van der Waals surface area contributed by atoms with Crippen LogP contribution in [0.25, 0.3) is 10.9 Å². The van der Waals surface area contributed by atoms with Gasteiger partial charge >= 0.3 is 0 Å². The second-order valence-electron chi connectivity index (χ2n) is 2.85. The molecule has 0 spiro atoms. The molecule has 0 bridgehead atoms. The highest BCUT2D eigenvalue weighted by atomic mass is 32.1. The molecule has 0 saturated heterocycles. The Morgan fingerprint density at radius 1 is 1.33 bits per heavy atom. The Hall–Kier alpha value is -0.900. The predicted molar refractivity (Wildman–Crippen MR) is 48.0 cm³/mol. The van der Waals surface area contributed by atoms with Gasteiger partial charge in [-0.3, -0.25) is 4.68 Å². The van der Waals surface area contributed by atoms with Gasteiger partial charge in [0.2, 0.25) is 5.95 Å². The first-order chi connectivity index (χ1) is 5.61. The first kappa shape index (κ1) is 7.73. The first-order valence-electron chi connectivity index (χ1n) is 3.69. The highest BCUT2D eigenvalue weighted by molar-refractivity contribution is 7.13. The molecule has 0 fully saturated rings. The van der Waals surface area contributed by atoms with E-state index in [9.17, 15) is 4.39 Å². The number of aryl methyl sites for hydroxylation is 3. The molecule has 4 heteroatoms. The third-order valence-corrected chi connectivity index (χ3v) is 3.01. The van der Waals surface area contributed by atoms with E-state index in [2.05, 4.69) is 5.10 Å². The molecule has 12 heavy (non-hydrogen) atoms. The summed E-state index contributed by atoms with van der Waals surface area (Å²) in [5.41, 5.74) is 0.926. The van der Waals surface area contributed by atoms with E-state index in [0.29, 0.717) is 5.39 Å². The van der Waals surface area contributed by atoms with Crippen LogP contribution in [0.4, 0.5) is 4.39 Å². The van der Waals surface area contributed by atoms with Crippen molar-refractivity contribution < 1.29 is 4.39 Å². The lowest BCUT2D eigenvalue weighted by Gasteiger charge is -1.88. The molecule has 2 nitrogen and oxygen atoms in total. The van der Waals surface area contributed by atoms with Crippen LogP contribution in [0.15, 0.2) is 0 Å². The van der Waals surface area contributed by atoms with E-state index in [1.54, 1.807) is 23.1 Å². The Labute approximate surface area is 73.6 Å². The van der Waals surface area contributed by atoms with Crippen LogP contribution in [0.2, 0.25) is 0 Å². The lowest BCUT2D eigenvalue weighted by atomic mass is 10.3. The summed E-state index contributed by atoms with van der Waals surface area (Å²) in [5.74, 6) is -0.352. The van der Waals surface area contributed by atoms with Gasteiger partial charge in [0.15, 0.2) is 0 Å². The molecule has 0 N–H and O–H groups in total. The Balaban J connectivity index is 3.01. The summed E-state index contributed by atoms with van der Waals surface area (Å²) in [6, 6.07) is 0. The van der Waals surface area contributed by atoms with Crippen molar-refractivity contribution >= 4 is 22.2 Å². The highest BCUT2D eigenvalue weighted by Crippen LogP contribution is 2.31. The summed E-state index contributed by atoms with van der Waals surface area (Å²) in [7, 11) is 1.77. The molecular formula is C8H9FN2S. The molecule has 2 aromatic heterocycles. The zero-order valence-corrected chi connectivity index (χ0v) is 8.00. The van der Waals surface area contributed by atoms with Gasteiger partial charge in [0.1, 0.15) is 0 Å². The average Bonchev–Trinajstić information content (AvgIpc) is 2.38. The lowest BCUT2D eigenvalue weighted by molar-refractivity contribution is 0.561. The molecule has 0 saturated carbocycles. The summed E-state index contributed by atoms with van der Waals surface area (Å²) < 4.78 is 14.8. The van der Waals surface area contributed by atoms with Crippen LogP contribution in [-0.4, -0.2) is 9.78 Å². The maximum atomic E-state index is 13.2. The fourth-order valence-corrected chi connectivity index (χ4v) is 2.61. The minimum absolute atomic E-state index is 0.352. The van der Waals surface area contributed by atoms with E-state index in [1.807, 2.05) is 13.8 Å². The fraction of sp³-hybridized carbons (Fsp3) is 0.375. The number of rotatable bonds is 0. The molecule has 64 valence electrons. The molecule has 0 radical (unpaired) electrons. The molecule has 2 rings (SSSR count). The highest BCUT2D eigenvalue weighted by Gasteiger charge is 2.14. The Morgan fingerprint density at radius 2 is 2.00 bits per heavy atom. The molecular weight excluding hydrogens is 175 g/mol. The van der Waals surface area contributed by atoms with Crippen molar-refractivity contribution in [2.24, 2.45) is 7.05 Å². The quantitative estimate of drug-likeness (QED) is 0.614. The van der Waals surface area contributed by atoms with Gasteiger partial charge in [0.25, 0.3) is 0 Å². The van der Waals surface area contributed by atoms with Crippen LogP contribution in [0.5, 0.6) is 0 Å². The standard InChI is InChI=1S/C8H9FN2S/c1-4-6-7(5(2)12-4)11(3)10-8(6)9/h1-3H3. The van der Waals surface area contributed by atoms with Gasteiger partial charge in [-0.15, -0.1) is 16.4 Å². The van der Waals surface area contributed by atoms with Gasteiger partial charge in [0, 0.05) is 16.8 Å². The summed E-state index contributed by atoms with van der Waals surface area (Å²) in [5, 5.41) is 4.41. The fourth-order valence-electron chi connectivity index (χ4n) is 1.54. The van der Waals surface area contributed by atoms with E-state index in [1.165, 1.54) is 0 Å². The second-order valence-corrected chi connectivity index (χ2v) is 4.28. The Morgan fingerprint density at radius 3 is 2.58 bits per heavy atom. The van der Waals surface area contributed by atoms with Crippen molar-refractivity contribution in [3.05, 3.63) is 15.7 Å². The third kappa shape index (κ3) is 0.813.